The second-order valence-corrected chi connectivity index (χ2v) is 13.6. The van der Waals surface area contributed by atoms with Gasteiger partial charge in [-0.1, -0.05) is 18.5 Å². The molecular formula is C31H40ClN3O5S. The number of rotatable bonds is 8. The van der Waals surface area contributed by atoms with E-state index in [0.29, 0.717) is 51.5 Å². The van der Waals surface area contributed by atoms with Crippen LogP contribution in [0.1, 0.15) is 73.1 Å². The Bertz CT molecular complexity index is 1400. The highest BCUT2D eigenvalue weighted by Gasteiger charge is 2.49. The smallest absolute Gasteiger partial charge is 0.254 e. The Morgan fingerprint density at radius 2 is 1.88 bits per heavy atom. The Morgan fingerprint density at radius 3 is 2.54 bits per heavy atom. The maximum Gasteiger partial charge on any atom is 0.254 e. The summed E-state index contributed by atoms with van der Waals surface area (Å²) >= 11 is 8.14. The lowest BCUT2D eigenvalue weighted by atomic mass is 9.80. The third-order valence-corrected chi connectivity index (χ3v) is 10.5. The number of hydrogen-bond donors (Lipinski definition) is 2. The lowest BCUT2D eigenvalue weighted by Gasteiger charge is -2.47. The molecule has 10 heteroatoms. The third-order valence-electron chi connectivity index (χ3n) is 9.40. The summed E-state index contributed by atoms with van der Waals surface area (Å²) in [7, 11) is 0. The number of nitrogens with zero attached hydrogens (tertiary/aromatic N) is 1. The normalized spacial score (nSPS) is 29.3. The van der Waals surface area contributed by atoms with Crippen LogP contribution in [0, 0.1) is 25.7 Å². The average molecular weight is 602 g/mol. The zero-order valence-corrected chi connectivity index (χ0v) is 26.0. The number of fused-ring (bicyclic) bond motifs is 1. The number of nitrogens with one attached hydrogen (secondary N) is 2. The summed E-state index contributed by atoms with van der Waals surface area (Å²) in [6.07, 6.45) is 8.23. The summed E-state index contributed by atoms with van der Waals surface area (Å²) in [6.45, 7) is 10.2. The van der Waals surface area contributed by atoms with Crippen LogP contribution in [-0.2, 0) is 11.3 Å². The summed E-state index contributed by atoms with van der Waals surface area (Å²) in [5, 5.41) is 3.25. The standard InChI is InChI=1S/C31H40ClN3O5S/c1-16-10-25(16)38-21-14-35(15-21)20-8-6-19(7-9-20)31(4)39-27-18(3)22(12-24(32)28(27)40-31)29(36)33-13-23-26(41-5)11-17(2)34-30(23)37/h11-12,16,19-21,25H,6-10,13-15H2,1-5H3,(H,33,36)(H,34,37). The van der Waals surface area contributed by atoms with Crippen LogP contribution in [0.4, 0.5) is 0 Å². The highest BCUT2D eigenvalue weighted by molar-refractivity contribution is 7.98. The van der Waals surface area contributed by atoms with E-state index in [-0.39, 0.29) is 23.9 Å². The first-order valence-electron chi connectivity index (χ1n) is 14.7. The fourth-order valence-corrected chi connectivity index (χ4v) is 7.53. The van der Waals surface area contributed by atoms with Gasteiger partial charge < -0.3 is 24.5 Å². The zero-order chi connectivity index (χ0) is 29.1. The van der Waals surface area contributed by atoms with E-state index < -0.39 is 5.79 Å². The fraction of sp³-hybridized carbons (Fsp3) is 0.613. The molecule has 0 bridgehead atoms. The first kappa shape index (κ1) is 28.9. The van der Waals surface area contributed by atoms with Gasteiger partial charge in [0.05, 0.1) is 17.2 Å². The topological polar surface area (TPSA) is 92.9 Å². The van der Waals surface area contributed by atoms with Crippen LogP contribution in [0.25, 0.3) is 0 Å². The summed E-state index contributed by atoms with van der Waals surface area (Å²) in [4.78, 5) is 32.0. The predicted octanol–water partition coefficient (Wildman–Crippen LogP) is 5.45. The van der Waals surface area contributed by atoms with Crippen LogP contribution in [0.15, 0.2) is 21.8 Å². The number of hydrogen-bond acceptors (Lipinski definition) is 7. The molecule has 1 amide bonds. The molecule has 2 aromatic rings. The number of pyridine rings is 1. The van der Waals surface area contributed by atoms with Crippen LogP contribution < -0.4 is 20.3 Å². The second-order valence-electron chi connectivity index (χ2n) is 12.4. The summed E-state index contributed by atoms with van der Waals surface area (Å²) in [6, 6.07) is 4.13. The van der Waals surface area contributed by atoms with Crippen LogP contribution in [0.2, 0.25) is 5.02 Å². The molecule has 3 unspecified atom stereocenters. The number of benzene rings is 1. The SMILES string of the molecule is CSc1cc(C)[nH]c(=O)c1CNC(=O)c1cc(Cl)c2c(c1C)OC(C)(C1CCC(N3CC(OC4CC4C)C3)CC1)O2. The first-order chi connectivity index (χ1) is 19.6. The molecule has 0 spiro atoms. The number of aryl methyl sites for hydroxylation is 1. The Morgan fingerprint density at radius 1 is 1.20 bits per heavy atom. The molecule has 1 saturated heterocycles. The van der Waals surface area contributed by atoms with Gasteiger partial charge in [0, 0.05) is 65.8 Å². The number of ether oxygens (including phenoxy) is 3. The molecule has 2 saturated carbocycles. The van der Waals surface area contributed by atoms with E-state index in [1.165, 1.54) is 18.2 Å². The van der Waals surface area contributed by atoms with E-state index in [2.05, 4.69) is 22.1 Å². The van der Waals surface area contributed by atoms with E-state index >= 15 is 0 Å². The molecule has 1 aromatic heterocycles. The number of aromatic nitrogens is 1. The molecule has 6 rings (SSSR count). The number of H-pyrrole nitrogens is 1. The summed E-state index contributed by atoms with van der Waals surface area (Å²) in [5.41, 5.74) is 2.21. The van der Waals surface area contributed by atoms with E-state index in [9.17, 15) is 9.59 Å². The number of aromatic amines is 1. The molecule has 2 aliphatic heterocycles. The van der Waals surface area contributed by atoms with Crippen LogP contribution in [0.3, 0.4) is 0 Å². The van der Waals surface area contributed by atoms with Gasteiger partial charge in [0.1, 0.15) is 0 Å². The lowest BCUT2D eigenvalue weighted by molar-refractivity contribution is -0.133. The fourth-order valence-electron chi connectivity index (χ4n) is 6.59. The molecule has 222 valence electrons. The molecule has 3 heterocycles. The summed E-state index contributed by atoms with van der Waals surface area (Å²) < 4.78 is 19.1. The van der Waals surface area contributed by atoms with Crippen molar-refractivity contribution in [3.8, 4) is 11.5 Å². The Kier molecular flexibility index (Phi) is 7.85. The van der Waals surface area contributed by atoms with Crippen LogP contribution in [-0.4, -0.2) is 59.2 Å². The van der Waals surface area contributed by atoms with Crippen molar-refractivity contribution in [2.75, 3.05) is 19.3 Å². The van der Waals surface area contributed by atoms with Crippen molar-refractivity contribution in [1.29, 1.82) is 0 Å². The largest absolute Gasteiger partial charge is 0.448 e. The number of carbonyl (C=O) groups excluding carboxylic acids is 1. The number of thioether (sulfide) groups is 1. The minimum absolute atomic E-state index is 0.112. The van der Waals surface area contributed by atoms with Crippen LogP contribution in [0.5, 0.6) is 11.5 Å². The van der Waals surface area contributed by atoms with Crippen molar-refractivity contribution in [3.05, 3.63) is 49.9 Å². The number of halogens is 1. The highest BCUT2D eigenvalue weighted by Crippen LogP contribution is 2.52. The maximum absolute atomic E-state index is 13.3. The molecule has 1 aromatic carbocycles. The third kappa shape index (κ3) is 5.63. The van der Waals surface area contributed by atoms with Gasteiger partial charge >= 0.3 is 0 Å². The maximum atomic E-state index is 13.3. The van der Waals surface area contributed by atoms with E-state index in [0.717, 1.165) is 55.3 Å². The molecule has 3 fully saturated rings. The van der Waals surface area contributed by atoms with Gasteiger partial charge in [0.2, 0.25) is 0 Å². The number of amides is 1. The van der Waals surface area contributed by atoms with Crippen molar-refractivity contribution in [2.45, 2.75) is 95.3 Å². The van der Waals surface area contributed by atoms with Gasteiger partial charge in [-0.05, 0) is 70.3 Å². The predicted molar refractivity (Wildman–Crippen MR) is 160 cm³/mol. The van der Waals surface area contributed by atoms with Crippen molar-refractivity contribution >= 4 is 29.3 Å². The van der Waals surface area contributed by atoms with Crippen molar-refractivity contribution < 1.29 is 19.0 Å². The van der Waals surface area contributed by atoms with Crippen molar-refractivity contribution in [3.63, 3.8) is 0 Å². The molecule has 2 aliphatic carbocycles. The van der Waals surface area contributed by atoms with Crippen LogP contribution >= 0.6 is 23.4 Å². The molecule has 41 heavy (non-hydrogen) atoms. The second kappa shape index (κ2) is 11.1. The Hall–Kier alpha value is -2.20. The average Bonchev–Trinajstić information content (AvgIpc) is 3.49. The van der Waals surface area contributed by atoms with Crippen molar-refractivity contribution in [1.82, 2.24) is 15.2 Å². The molecule has 2 N–H and O–H groups in total. The van der Waals surface area contributed by atoms with Crippen molar-refractivity contribution in [2.24, 2.45) is 11.8 Å². The van der Waals surface area contributed by atoms with Gasteiger partial charge in [0.25, 0.3) is 17.3 Å². The quantitative estimate of drug-likeness (QED) is 0.389. The minimum Gasteiger partial charge on any atom is -0.448 e. The number of carbonyl (C=O) groups is 1. The Balaban J connectivity index is 1.08. The van der Waals surface area contributed by atoms with Gasteiger partial charge in [0.15, 0.2) is 11.5 Å². The van der Waals surface area contributed by atoms with Gasteiger partial charge in [-0.25, -0.2) is 0 Å². The van der Waals surface area contributed by atoms with E-state index in [4.69, 9.17) is 25.8 Å². The molecular weight excluding hydrogens is 562 g/mol. The monoisotopic (exact) mass is 601 g/mol. The van der Waals surface area contributed by atoms with Gasteiger partial charge in [-0.15, -0.1) is 11.8 Å². The molecule has 8 nitrogen and oxygen atoms in total. The number of likely N-dealkylation sites (tertiary alicyclic amines) is 1. The van der Waals surface area contributed by atoms with E-state index in [1.807, 2.05) is 33.1 Å². The Labute approximate surface area is 250 Å². The van der Waals surface area contributed by atoms with Gasteiger partial charge in [-0.2, -0.15) is 0 Å². The highest BCUT2D eigenvalue weighted by atomic mass is 35.5. The molecule has 0 radical (unpaired) electrons. The zero-order valence-electron chi connectivity index (χ0n) is 24.5. The lowest BCUT2D eigenvalue weighted by Crippen LogP contribution is -2.58. The first-order valence-corrected chi connectivity index (χ1v) is 16.3. The van der Waals surface area contributed by atoms with E-state index in [1.54, 1.807) is 6.07 Å². The minimum atomic E-state index is -0.831. The molecule has 4 aliphatic rings. The summed E-state index contributed by atoms with van der Waals surface area (Å²) in [5.74, 6) is 0.838. The van der Waals surface area contributed by atoms with Gasteiger partial charge in [-0.3, -0.25) is 14.5 Å². The molecule has 3 atom stereocenters.